The number of hydrogen-bond donors (Lipinski definition) is 1. The molecule has 0 saturated carbocycles. The number of fused-ring (bicyclic) bond motifs is 1. The molecule has 132 valence electrons. The zero-order valence-corrected chi connectivity index (χ0v) is 15.0. The van der Waals surface area contributed by atoms with Gasteiger partial charge in [-0.1, -0.05) is 29.8 Å². The third-order valence-corrected chi connectivity index (χ3v) is 5.10. The van der Waals surface area contributed by atoms with Crippen molar-refractivity contribution in [2.75, 3.05) is 11.9 Å². The van der Waals surface area contributed by atoms with Crippen LogP contribution in [0.4, 0.5) is 5.69 Å². The average Bonchev–Trinajstić information content (AvgIpc) is 2.81. The second-order valence-electron chi connectivity index (χ2n) is 7.06. The molecule has 1 aliphatic carbocycles. The highest BCUT2D eigenvalue weighted by Gasteiger charge is 2.46. The molecule has 2 aliphatic rings. The first-order valence-electron chi connectivity index (χ1n) is 8.76. The van der Waals surface area contributed by atoms with Crippen LogP contribution in [0, 0.1) is 32.6 Å². The van der Waals surface area contributed by atoms with Crippen molar-refractivity contribution in [3.05, 3.63) is 41.0 Å². The van der Waals surface area contributed by atoms with E-state index >= 15 is 0 Å². The molecule has 1 aliphatic heterocycles. The monoisotopic (exact) mass is 340 g/mol. The molecular weight excluding hydrogens is 316 g/mol. The minimum absolute atomic E-state index is 0.122. The van der Waals surface area contributed by atoms with E-state index in [1.165, 1.54) is 4.90 Å². The average molecular weight is 340 g/mol. The summed E-state index contributed by atoms with van der Waals surface area (Å²) in [6, 6.07) is 4.04. The van der Waals surface area contributed by atoms with Gasteiger partial charge in [-0.05, 0) is 44.7 Å². The Labute approximate surface area is 148 Å². The third-order valence-electron chi connectivity index (χ3n) is 5.10. The maximum absolute atomic E-state index is 12.4. The maximum Gasteiger partial charge on any atom is 0.233 e. The number of benzene rings is 1. The molecule has 2 atom stereocenters. The number of nitrogens with one attached hydrogen (secondary N) is 1. The fourth-order valence-corrected chi connectivity index (χ4v) is 3.88. The van der Waals surface area contributed by atoms with Crippen LogP contribution in [0.3, 0.4) is 0 Å². The fourth-order valence-electron chi connectivity index (χ4n) is 3.88. The Balaban J connectivity index is 1.62. The van der Waals surface area contributed by atoms with E-state index in [4.69, 9.17) is 0 Å². The molecule has 1 fully saturated rings. The van der Waals surface area contributed by atoms with Gasteiger partial charge < -0.3 is 5.32 Å². The molecule has 0 radical (unpaired) electrons. The predicted octanol–water partition coefficient (Wildman–Crippen LogP) is 2.89. The van der Waals surface area contributed by atoms with Gasteiger partial charge in [-0.3, -0.25) is 19.3 Å². The first-order chi connectivity index (χ1) is 11.9. The number of likely N-dealkylation sites (tertiary alicyclic amines) is 1. The lowest BCUT2D eigenvalue weighted by Crippen LogP contribution is -2.34. The van der Waals surface area contributed by atoms with E-state index in [0.717, 1.165) is 22.4 Å². The summed E-state index contributed by atoms with van der Waals surface area (Å²) >= 11 is 0. The molecule has 25 heavy (non-hydrogen) atoms. The lowest BCUT2D eigenvalue weighted by Gasteiger charge is -2.16. The Morgan fingerprint density at radius 1 is 1.04 bits per heavy atom. The number of aryl methyl sites for hydroxylation is 3. The number of rotatable bonds is 4. The van der Waals surface area contributed by atoms with Crippen LogP contribution in [-0.4, -0.2) is 29.2 Å². The molecule has 0 aromatic heterocycles. The largest absolute Gasteiger partial charge is 0.326 e. The van der Waals surface area contributed by atoms with Crippen LogP contribution in [0.25, 0.3) is 0 Å². The van der Waals surface area contributed by atoms with Gasteiger partial charge in [-0.15, -0.1) is 0 Å². The van der Waals surface area contributed by atoms with Crippen LogP contribution in [-0.2, 0) is 14.4 Å². The van der Waals surface area contributed by atoms with Crippen LogP contribution >= 0.6 is 0 Å². The number of carbonyl (C=O) groups excluding carboxylic acids is 3. The highest BCUT2D eigenvalue weighted by atomic mass is 16.2. The maximum atomic E-state index is 12.4. The number of amides is 3. The second kappa shape index (κ2) is 6.82. The van der Waals surface area contributed by atoms with Gasteiger partial charge >= 0.3 is 0 Å². The van der Waals surface area contributed by atoms with Gasteiger partial charge in [0.1, 0.15) is 0 Å². The normalized spacial score (nSPS) is 22.3. The summed E-state index contributed by atoms with van der Waals surface area (Å²) in [5.74, 6) is -0.905. The highest BCUT2D eigenvalue weighted by molar-refractivity contribution is 6.06. The van der Waals surface area contributed by atoms with Gasteiger partial charge in [-0.25, -0.2) is 0 Å². The van der Waals surface area contributed by atoms with E-state index in [1.807, 2.05) is 45.1 Å². The molecule has 0 bridgehead atoms. The topological polar surface area (TPSA) is 66.5 Å². The Morgan fingerprint density at radius 3 is 2.08 bits per heavy atom. The summed E-state index contributed by atoms with van der Waals surface area (Å²) in [6.07, 6.45) is 5.30. The van der Waals surface area contributed by atoms with E-state index in [0.29, 0.717) is 12.8 Å². The molecule has 3 amide bonds. The van der Waals surface area contributed by atoms with Crippen molar-refractivity contribution < 1.29 is 14.4 Å². The minimum Gasteiger partial charge on any atom is -0.326 e. The Hall–Kier alpha value is -2.43. The smallest absolute Gasteiger partial charge is 0.233 e. The number of carbonyl (C=O) groups is 3. The lowest BCUT2D eigenvalue weighted by molar-refractivity contribution is -0.140. The highest BCUT2D eigenvalue weighted by Crippen LogP contribution is 2.35. The first-order valence-corrected chi connectivity index (χ1v) is 8.76. The number of allylic oxidation sites excluding steroid dienone is 2. The minimum atomic E-state index is -0.234. The molecule has 1 aromatic carbocycles. The summed E-state index contributed by atoms with van der Waals surface area (Å²) in [6.45, 7) is 6.09. The molecule has 3 rings (SSSR count). The molecule has 1 aromatic rings. The lowest BCUT2D eigenvalue weighted by atomic mass is 9.85. The van der Waals surface area contributed by atoms with Crippen molar-refractivity contribution in [1.29, 1.82) is 0 Å². The molecule has 1 N–H and O–H groups in total. The van der Waals surface area contributed by atoms with Crippen LogP contribution in [0.15, 0.2) is 24.3 Å². The van der Waals surface area contributed by atoms with Crippen molar-refractivity contribution in [3.8, 4) is 0 Å². The number of nitrogens with zero attached hydrogens (tertiary/aromatic N) is 1. The zero-order chi connectivity index (χ0) is 18.1. The van der Waals surface area contributed by atoms with Crippen LogP contribution in [0.1, 0.15) is 36.0 Å². The van der Waals surface area contributed by atoms with Gasteiger partial charge in [0.05, 0.1) is 11.8 Å². The summed E-state index contributed by atoms with van der Waals surface area (Å²) < 4.78 is 0. The van der Waals surface area contributed by atoms with Crippen molar-refractivity contribution >= 4 is 23.4 Å². The van der Waals surface area contributed by atoms with Gasteiger partial charge in [0.2, 0.25) is 17.7 Å². The van der Waals surface area contributed by atoms with Crippen LogP contribution < -0.4 is 5.32 Å². The van der Waals surface area contributed by atoms with E-state index in [2.05, 4.69) is 5.32 Å². The van der Waals surface area contributed by atoms with Crippen molar-refractivity contribution in [1.82, 2.24) is 4.90 Å². The third kappa shape index (κ3) is 3.36. The van der Waals surface area contributed by atoms with Crippen molar-refractivity contribution in [2.24, 2.45) is 11.8 Å². The summed E-state index contributed by atoms with van der Waals surface area (Å²) in [5.41, 5.74) is 3.98. The standard InChI is InChI=1S/C20H24N2O3/c1-12-10-13(2)18(14(3)11-12)21-17(23)8-9-22-19(24)15-6-4-5-7-16(15)20(22)25/h4-5,10-11,15-16H,6-9H2,1-3H3,(H,21,23)/t15-,16-/m0/s1. The molecule has 5 heteroatoms. The number of hydrogen-bond acceptors (Lipinski definition) is 3. The van der Waals surface area contributed by atoms with E-state index in [-0.39, 0.29) is 42.5 Å². The van der Waals surface area contributed by atoms with Gasteiger partial charge in [0, 0.05) is 18.7 Å². The van der Waals surface area contributed by atoms with E-state index in [1.54, 1.807) is 0 Å². The summed E-state index contributed by atoms with van der Waals surface area (Å²) in [7, 11) is 0. The fraction of sp³-hybridized carbons (Fsp3) is 0.450. The molecular formula is C20H24N2O3. The first kappa shape index (κ1) is 17.4. The van der Waals surface area contributed by atoms with Gasteiger partial charge in [-0.2, -0.15) is 0 Å². The van der Waals surface area contributed by atoms with Crippen molar-refractivity contribution in [2.45, 2.75) is 40.0 Å². The quantitative estimate of drug-likeness (QED) is 0.677. The molecule has 1 heterocycles. The van der Waals surface area contributed by atoms with Gasteiger partial charge in [0.15, 0.2) is 0 Å². The van der Waals surface area contributed by atoms with Gasteiger partial charge in [0.25, 0.3) is 0 Å². The Bertz CT molecular complexity index is 717. The number of imide groups is 1. The summed E-state index contributed by atoms with van der Waals surface area (Å²) in [5, 5.41) is 2.92. The zero-order valence-electron chi connectivity index (χ0n) is 15.0. The van der Waals surface area contributed by atoms with Crippen LogP contribution in [0.2, 0.25) is 0 Å². The second-order valence-corrected chi connectivity index (χ2v) is 7.06. The number of anilines is 1. The molecule has 1 saturated heterocycles. The molecule has 0 unspecified atom stereocenters. The van der Waals surface area contributed by atoms with E-state index in [9.17, 15) is 14.4 Å². The summed E-state index contributed by atoms with van der Waals surface area (Å²) in [4.78, 5) is 38.4. The molecule has 5 nitrogen and oxygen atoms in total. The molecule has 0 spiro atoms. The van der Waals surface area contributed by atoms with Crippen LogP contribution in [0.5, 0.6) is 0 Å². The Kier molecular flexibility index (Phi) is 4.75. The van der Waals surface area contributed by atoms with Crippen molar-refractivity contribution in [3.63, 3.8) is 0 Å². The Morgan fingerprint density at radius 2 is 1.56 bits per heavy atom. The predicted molar refractivity (Wildman–Crippen MR) is 96.0 cm³/mol. The van der Waals surface area contributed by atoms with E-state index < -0.39 is 0 Å². The SMILES string of the molecule is Cc1cc(C)c(NC(=O)CCN2C(=O)[C@H]3CC=CC[C@@H]3C2=O)c(C)c1.